The normalized spacial score (nSPS) is 9.73. The minimum atomic E-state index is -0.286. The Hall–Kier alpha value is -1.18. The summed E-state index contributed by atoms with van der Waals surface area (Å²) < 4.78 is 12.6. The third-order valence-corrected chi connectivity index (χ3v) is 1.68. The Kier molecular flexibility index (Phi) is 2.03. The van der Waals surface area contributed by atoms with E-state index in [1.165, 1.54) is 12.1 Å². The fourth-order valence-corrected chi connectivity index (χ4v) is 1.11. The molecule has 0 aliphatic rings. The van der Waals surface area contributed by atoms with Crippen LogP contribution in [0.15, 0.2) is 12.1 Å². The van der Waals surface area contributed by atoms with E-state index < -0.39 is 0 Å². The van der Waals surface area contributed by atoms with Crippen LogP contribution in [0.1, 0.15) is 21.5 Å². The summed E-state index contributed by atoms with van der Waals surface area (Å²) in [6.07, 6.45) is 0.754. The highest BCUT2D eigenvalue weighted by atomic mass is 19.1. The topological polar surface area (TPSA) is 17.1 Å². The lowest BCUT2D eigenvalue weighted by Gasteiger charge is -2.01. The van der Waals surface area contributed by atoms with Gasteiger partial charge in [0.15, 0.2) is 6.29 Å². The summed E-state index contributed by atoms with van der Waals surface area (Å²) in [5.41, 5.74) is 1.97. The van der Waals surface area contributed by atoms with Crippen molar-refractivity contribution in [1.82, 2.24) is 0 Å². The predicted molar refractivity (Wildman–Crippen MR) is 41.3 cm³/mol. The Morgan fingerprint density at radius 2 is 1.73 bits per heavy atom. The van der Waals surface area contributed by atoms with Crippen molar-refractivity contribution in [2.24, 2.45) is 0 Å². The molecule has 0 aromatic heterocycles. The lowest BCUT2D eigenvalue weighted by Crippen LogP contribution is -1.92. The average Bonchev–Trinajstić information content (AvgIpc) is 1.85. The highest BCUT2D eigenvalue weighted by Crippen LogP contribution is 2.12. The largest absolute Gasteiger partial charge is 0.298 e. The van der Waals surface area contributed by atoms with E-state index in [1.54, 1.807) is 13.8 Å². The maximum atomic E-state index is 12.6. The van der Waals surface area contributed by atoms with Crippen LogP contribution in [0.4, 0.5) is 4.39 Å². The Labute approximate surface area is 64.9 Å². The Morgan fingerprint density at radius 3 is 2.09 bits per heavy atom. The standard InChI is InChI=1S/C9H9FO/c1-6-3-8(10)4-7(2)9(6)5-11/h3-5H,1-2H3. The van der Waals surface area contributed by atoms with Gasteiger partial charge < -0.3 is 0 Å². The molecule has 0 amide bonds. The minimum Gasteiger partial charge on any atom is -0.298 e. The van der Waals surface area contributed by atoms with Gasteiger partial charge in [-0.3, -0.25) is 4.79 Å². The van der Waals surface area contributed by atoms with E-state index in [9.17, 15) is 9.18 Å². The maximum Gasteiger partial charge on any atom is 0.150 e. The minimum absolute atomic E-state index is 0.286. The van der Waals surface area contributed by atoms with E-state index in [0.29, 0.717) is 16.7 Å². The lowest BCUT2D eigenvalue weighted by molar-refractivity contribution is 0.112. The van der Waals surface area contributed by atoms with Gasteiger partial charge in [0.1, 0.15) is 5.82 Å². The van der Waals surface area contributed by atoms with Gasteiger partial charge >= 0.3 is 0 Å². The van der Waals surface area contributed by atoms with Gasteiger partial charge in [0, 0.05) is 5.56 Å². The second-order valence-electron chi connectivity index (χ2n) is 2.57. The number of rotatable bonds is 1. The van der Waals surface area contributed by atoms with Crippen LogP contribution >= 0.6 is 0 Å². The van der Waals surface area contributed by atoms with Crippen molar-refractivity contribution in [2.75, 3.05) is 0 Å². The predicted octanol–water partition coefficient (Wildman–Crippen LogP) is 2.26. The van der Waals surface area contributed by atoms with Crippen molar-refractivity contribution in [3.63, 3.8) is 0 Å². The summed E-state index contributed by atoms with van der Waals surface area (Å²) in [5, 5.41) is 0. The number of carbonyl (C=O) groups is 1. The first-order chi connectivity index (χ1) is 5.15. The van der Waals surface area contributed by atoms with Crippen LogP contribution in [-0.2, 0) is 0 Å². The number of aryl methyl sites for hydroxylation is 2. The smallest absolute Gasteiger partial charge is 0.150 e. The molecule has 0 spiro atoms. The van der Waals surface area contributed by atoms with Gasteiger partial charge in [-0.1, -0.05) is 0 Å². The van der Waals surface area contributed by atoms with Gasteiger partial charge in [0.25, 0.3) is 0 Å². The summed E-state index contributed by atoms with van der Waals surface area (Å²) in [5.74, 6) is -0.286. The molecule has 0 saturated heterocycles. The fraction of sp³-hybridized carbons (Fsp3) is 0.222. The Balaban J connectivity index is 3.36. The second-order valence-corrected chi connectivity index (χ2v) is 2.57. The zero-order valence-corrected chi connectivity index (χ0v) is 6.52. The molecule has 1 nitrogen and oxygen atoms in total. The molecule has 11 heavy (non-hydrogen) atoms. The van der Waals surface area contributed by atoms with Crippen LogP contribution < -0.4 is 0 Å². The Bertz CT molecular complexity index is 269. The molecular weight excluding hydrogens is 143 g/mol. The number of benzene rings is 1. The van der Waals surface area contributed by atoms with E-state index >= 15 is 0 Å². The molecule has 0 fully saturated rings. The van der Waals surface area contributed by atoms with Crippen molar-refractivity contribution in [2.45, 2.75) is 13.8 Å². The highest BCUT2D eigenvalue weighted by Gasteiger charge is 2.02. The summed E-state index contributed by atoms with van der Waals surface area (Å²) in [6, 6.07) is 2.72. The summed E-state index contributed by atoms with van der Waals surface area (Å²) in [4.78, 5) is 10.4. The van der Waals surface area contributed by atoms with Crippen LogP contribution in [0.5, 0.6) is 0 Å². The molecule has 0 aliphatic heterocycles. The Morgan fingerprint density at radius 1 is 1.27 bits per heavy atom. The number of aldehydes is 1. The van der Waals surface area contributed by atoms with Crippen LogP contribution in [0.2, 0.25) is 0 Å². The molecule has 0 bridgehead atoms. The van der Waals surface area contributed by atoms with Crippen molar-refractivity contribution in [1.29, 1.82) is 0 Å². The fourth-order valence-electron chi connectivity index (χ4n) is 1.11. The summed E-state index contributed by atoms with van der Waals surface area (Å²) in [7, 11) is 0. The first-order valence-corrected chi connectivity index (χ1v) is 3.37. The first kappa shape index (κ1) is 7.92. The highest BCUT2D eigenvalue weighted by molar-refractivity contribution is 5.79. The molecule has 1 rings (SSSR count). The molecule has 58 valence electrons. The zero-order valence-electron chi connectivity index (χ0n) is 6.52. The van der Waals surface area contributed by atoms with Crippen molar-refractivity contribution in [3.05, 3.63) is 34.6 Å². The molecule has 0 aliphatic carbocycles. The maximum absolute atomic E-state index is 12.6. The second kappa shape index (κ2) is 2.82. The monoisotopic (exact) mass is 152 g/mol. The molecule has 0 saturated carbocycles. The van der Waals surface area contributed by atoms with Gasteiger partial charge in [-0.15, -0.1) is 0 Å². The van der Waals surface area contributed by atoms with Crippen LogP contribution in [0.3, 0.4) is 0 Å². The number of hydrogen-bond donors (Lipinski definition) is 0. The molecule has 0 heterocycles. The first-order valence-electron chi connectivity index (χ1n) is 3.37. The number of carbonyl (C=O) groups excluding carboxylic acids is 1. The zero-order chi connectivity index (χ0) is 8.43. The molecular formula is C9H9FO. The average molecular weight is 152 g/mol. The van der Waals surface area contributed by atoms with Crippen molar-refractivity contribution in [3.8, 4) is 0 Å². The van der Waals surface area contributed by atoms with Crippen LogP contribution in [0.25, 0.3) is 0 Å². The summed E-state index contributed by atoms with van der Waals surface area (Å²) in [6.45, 7) is 3.44. The SMILES string of the molecule is Cc1cc(F)cc(C)c1C=O. The van der Waals surface area contributed by atoms with Crippen molar-refractivity contribution < 1.29 is 9.18 Å². The van der Waals surface area contributed by atoms with E-state index in [2.05, 4.69) is 0 Å². The van der Waals surface area contributed by atoms with Crippen LogP contribution in [0, 0.1) is 19.7 Å². The number of halogens is 1. The summed E-state index contributed by atoms with van der Waals surface area (Å²) >= 11 is 0. The van der Waals surface area contributed by atoms with Crippen molar-refractivity contribution >= 4 is 6.29 Å². The molecule has 0 radical (unpaired) electrons. The van der Waals surface area contributed by atoms with Gasteiger partial charge in [-0.25, -0.2) is 4.39 Å². The van der Waals surface area contributed by atoms with E-state index in [0.717, 1.165) is 6.29 Å². The molecule has 0 atom stereocenters. The molecule has 0 unspecified atom stereocenters. The van der Waals surface area contributed by atoms with Gasteiger partial charge in [-0.2, -0.15) is 0 Å². The molecule has 0 N–H and O–H groups in total. The van der Waals surface area contributed by atoms with Crippen LogP contribution in [-0.4, -0.2) is 6.29 Å². The van der Waals surface area contributed by atoms with E-state index in [-0.39, 0.29) is 5.82 Å². The third-order valence-electron chi connectivity index (χ3n) is 1.68. The quantitative estimate of drug-likeness (QED) is 0.564. The molecule has 2 heteroatoms. The van der Waals surface area contributed by atoms with E-state index in [1.807, 2.05) is 0 Å². The number of hydrogen-bond acceptors (Lipinski definition) is 1. The van der Waals surface area contributed by atoms with Gasteiger partial charge in [0.05, 0.1) is 0 Å². The van der Waals surface area contributed by atoms with Gasteiger partial charge in [-0.05, 0) is 37.1 Å². The molecule has 1 aromatic rings. The van der Waals surface area contributed by atoms with Gasteiger partial charge in [0.2, 0.25) is 0 Å². The lowest BCUT2D eigenvalue weighted by atomic mass is 10.0. The third kappa shape index (κ3) is 1.45. The van der Waals surface area contributed by atoms with E-state index in [4.69, 9.17) is 0 Å². The molecule has 1 aromatic carbocycles.